The van der Waals surface area contributed by atoms with Gasteiger partial charge in [-0.3, -0.25) is 9.59 Å². The first-order chi connectivity index (χ1) is 15.1. The second-order valence-electron chi connectivity index (χ2n) is 8.71. The number of amides is 2. The molecule has 0 unspecified atom stereocenters. The monoisotopic (exact) mass is 475 g/mol. The van der Waals surface area contributed by atoms with E-state index < -0.39 is 15.4 Å². The smallest absolute Gasteiger partial charge is 0.243 e. The van der Waals surface area contributed by atoms with Gasteiger partial charge in [-0.05, 0) is 68.1 Å². The van der Waals surface area contributed by atoms with Crippen LogP contribution in [0.5, 0.6) is 0 Å². The lowest BCUT2D eigenvalue weighted by Crippen LogP contribution is -2.42. The zero-order valence-corrected chi connectivity index (χ0v) is 19.7. The molecule has 170 valence electrons. The highest BCUT2D eigenvalue weighted by Crippen LogP contribution is 2.42. The molecule has 2 aliphatic heterocycles. The molecule has 7 nitrogen and oxygen atoms in total. The Labute approximate surface area is 193 Å². The third kappa shape index (κ3) is 4.14. The number of anilines is 1. The number of carbonyl (C=O) groups excluding carboxylic acids is 2. The Morgan fingerprint density at radius 2 is 1.75 bits per heavy atom. The van der Waals surface area contributed by atoms with Crippen molar-refractivity contribution in [1.82, 2.24) is 9.62 Å². The van der Waals surface area contributed by atoms with Crippen LogP contribution in [0.4, 0.5) is 5.69 Å². The van der Waals surface area contributed by atoms with E-state index in [2.05, 4.69) is 5.32 Å². The molecule has 2 aromatic rings. The fourth-order valence-corrected chi connectivity index (χ4v) is 5.88. The van der Waals surface area contributed by atoms with E-state index in [0.717, 1.165) is 18.4 Å². The predicted molar refractivity (Wildman–Crippen MR) is 123 cm³/mol. The number of carbonyl (C=O) groups is 2. The maximum Gasteiger partial charge on any atom is 0.243 e. The lowest BCUT2D eigenvalue weighted by Gasteiger charge is -2.20. The van der Waals surface area contributed by atoms with E-state index in [1.54, 1.807) is 38.1 Å². The van der Waals surface area contributed by atoms with Crippen molar-refractivity contribution in [1.29, 1.82) is 0 Å². The lowest BCUT2D eigenvalue weighted by molar-refractivity contribution is -0.125. The highest BCUT2D eigenvalue weighted by Gasteiger charge is 2.45. The molecule has 0 spiro atoms. The van der Waals surface area contributed by atoms with Crippen LogP contribution >= 0.6 is 11.6 Å². The quantitative estimate of drug-likeness (QED) is 0.695. The average Bonchev–Trinajstić information content (AvgIpc) is 3.37. The molecule has 0 atom stereocenters. The number of benzene rings is 2. The van der Waals surface area contributed by atoms with Gasteiger partial charge in [0.15, 0.2) is 0 Å². The second kappa shape index (κ2) is 8.50. The molecule has 9 heteroatoms. The largest absolute Gasteiger partial charge is 0.350 e. The van der Waals surface area contributed by atoms with Gasteiger partial charge in [-0.2, -0.15) is 4.31 Å². The number of hydrogen-bond donors (Lipinski definition) is 1. The van der Waals surface area contributed by atoms with E-state index >= 15 is 0 Å². The summed E-state index contributed by atoms with van der Waals surface area (Å²) in [5, 5.41) is 3.44. The van der Waals surface area contributed by atoms with Crippen molar-refractivity contribution in [2.24, 2.45) is 0 Å². The van der Waals surface area contributed by atoms with Crippen LogP contribution in [0, 0.1) is 0 Å². The van der Waals surface area contributed by atoms with Gasteiger partial charge in [0.2, 0.25) is 21.8 Å². The fraction of sp³-hybridized carbons (Fsp3) is 0.391. The summed E-state index contributed by atoms with van der Waals surface area (Å²) in [5.74, 6) is -0.532. The van der Waals surface area contributed by atoms with E-state index in [4.69, 9.17) is 11.6 Å². The molecule has 1 N–H and O–H groups in total. The van der Waals surface area contributed by atoms with Gasteiger partial charge in [0.05, 0.1) is 10.3 Å². The molecule has 0 bridgehead atoms. The summed E-state index contributed by atoms with van der Waals surface area (Å²) in [5.41, 5.74) is 1.16. The number of hydrogen-bond acceptors (Lipinski definition) is 4. The van der Waals surface area contributed by atoms with E-state index in [1.165, 1.54) is 15.3 Å². The van der Waals surface area contributed by atoms with Crippen LogP contribution in [0.3, 0.4) is 0 Å². The Hall–Kier alpha value is -2.42. The fourth-order valence-electron chi connectivity index (χ4n) is 4.21. The standard InChI is InChI=1S/C23H26ClN3O4S/c1-23(2)19-13-18(32(30,31)26-11-3-4-12-26)9-10-20(19)27(22(23)29)15-21(28)25-14-16-5-7-17(24)8-6-16/h5-10,13H,3-4,11-12,14-15H2,1-2H3,(H,25,28). The van der Waals surface area contributed by atoms with Crippen molar-refractivity contribution < 1.29 is 18.0 Å². The Morgan fingerprint density at radius 3 is 2.41 bits per heavy atom. The van der Waals surface area contributed by atoms with Crippen LogP contribution in [0.15, 0.2) is 47.4 Å². The number of halogens is 1. The topological polar surface area (TPSA) is 86.8 Å². The van der Waals surface area contributed by atoms with Crippen molar-refractivity contribution in [2.45, 2.75) is 43.5 Å². The number of nitrogens with zero attached hydrogens (tertiary/aromatic N) is 2. The second-order valence-corrected chi connectivity index (χ2v) is 11.1. The summed E-state index contributed by atoms with van der Waals surface area (Å²) < 4.78 is 27.5. The van der Waals surface area contributed by atoms with Crippen LogP contribution in [-0.2, 0) is 31.6 Å². The minimum Gasteiger partial charge on any atom is -0.350 e. The first-order valence-electron chi connectivity index (χ1n) is 10.6. The third-order valence-electron chi connectivity index (χ3n) is 6.12. The van der Waals surface area contributed by atoms with Crippen LogP contribution < -0.4 is 10.2 Å². The van der Waals surface area contributed by atoms with Crippen molar-refractivity contribution >= 4 is 39.1 Å². The molecule has 0 aliphatic carbocycles. The lowest BCUT2D eigenvalue weighted by atomic mass is 9.86. The van der Waals surface area contributed by atoms with E-state index in [9.17, 15) is 18.0 Å². The van der Waals surface area contributed by atoms with Gasteiger partial charge >= 0.3 is 0 Å². The Morgan fingerprint density at radius 1 is 1.09 bits per heavy atom. The van der Waals surface area contributed by atoms with Gasteiger partial charge in [-0.15, -0.1) is 0 Å². The number of rotatable bonds is 6. The molecule has 0 saturated carbocycles. The molecule has 0 aromatic heterocycles. The molecular weight excluding hydrogens is 450 g/mol. The summed E-state index contributed by atoms with van der Waals surface area (Å²) in [7, 11) is -3.60. The SMILES string of the molecule is CC1(C)C(=O)N(CC(=O)NCc2ccc(Cl)cc2)c2ccc(S(=O)(=O)N3CCCC3)cc21. The predicted octanol–water partition coefficient (Wildman–Crippen LogP) is 3.07. The van der Waals surface area contributed by atoms with Gasteiger partial charge in [-0.1, -0.05) is 23.7 Å². The van der Waals surface area contributed by atoms with Crippen molar-refractivity contribution in [3.05, 3.63) is 58.6 Å². The van der Waals surface area contributed by atoms with Gasteiger partial charge in [0.25, 0.3) is 0 Å². The highest BCUT2D eigenvalue weighted by molar-refractivity contribution is 7.89. The molecule has 2 aromatic carbocycles. The number of sulfonamides is 1. The van der Waals surface area contributed by atoms with Crippen molar-refractivity contribution in [2.75, 3.05) is 24.5 Å². The zero-order valence-electron chi connectivity index (χ0n) is 18.1. The summed E-state index contributed by atoms with van der Waals surface area (Å²) in [6.45, 7) is 4.73. The summed E-state index contributed by atoms with van der Waals surface area (Å²) >= 11 is 5.88. The minimum absolute atomic E-state index is 0.138. The third-order valence-corrected chi connectivity index (χ3v) is 8.27. The van der Waals surface area contributed by atoms with E-state index in [0.29, 0.717) is 35.9 Å². The molecule has 1 fully saturated rings. The average molecular weight is 476 g/mol. The molecule has 0 radical (unpaired) electrons. The zero-order chi connectivity index (χ0) is 23.1. The Kier molecular flexibility index (Phi) is 6.04. The van der Waals surface area contributed by atoms with Gasteiger partial charge in [0, 0.05) is 30.3 Å². The molecule has 1 saturated heterocycles. The molecule has 2 amide bonds. The van der Waals surface area contributed by atoms with Gasteiger partial charge in [0.1, 0.15) is 6.54 Å². The molecular formula is C23H26ClN3O4S. The molecule has 4 rings (SSSR count). The van der Waals surface area contributed by atoms with Crippen LogP contribution in [0.25, 0.3) is 0 Å². The van der Waals surface area contributed by atoms with Crippen LogP contribution in [-0.4, -0.2) is 44.2 Å². The van der Waals surface area contributed by atoms with E-state index in [-0.39, 0.29) is 23.3 Å². The van der Waals surface area contributed by atoms with Crippen LogP contribution in [0.2, 0.25) is 5.02 Å². The number of nitrogens with one attached hydrogen (secondary N) is 1. The summed E-state index contributed by atoms with van der Waals surface area (Å²) in [4.78, 5) is 27.3. The molecule has 2 heterocycles. The maximum absolute atomic E-state index is 13.1. The normalized spacial score (nSPS) is 18.1. The van der Waals surface area contributed by atoms with Crippen molar-refractivity contribution in [3.63, 3.8) is 0 Å². The first-order valence-corrected chi connectivity index (χ1v) is 12.4. The van der Waals surface area contributed by atoms with Crippen molar-refractivity contribution in [3.8, 4) is 0 Å². The summed E-state index contributed by atoms with van der Waals surface area (Å²) in [6, 6.07) is 11.9. The highest BCUT2D eigenvalue weighted by atomic mass is 35.5. The van der Waals surface area contributed by atoms with E-state index in [1.807, 2.05) is 12.1 Å². The van der Waals surface area contributed by atoms with Crippen LogP contribution in [0.1, 0.15) is 37.8 Å². The first kappa shape index (κ1) is 22.8. The Bertz CT molecular complexity index is 1160. The molecule has 32 heavy (non-hydrogen) atoms. The maximum atomic E-state index is 13.1. The van der Waals surface area contributed by atoms with Gasteiger partial charge in [-0.25, -0.2) is 8.42 Å². The summed E-state index contributed by atoms with van der Waals surface area (Å²) in [6.07, 6.45) is 1.71. The van der Waals surface area contributed by atoms with Gasteiger partial charge < -0.3 is 10.2 Å². The molecule has 2 aliphatic rings. The minimum atomic E-state index is -3.60. The Balaban J connectivity index is 1.53. The number of fused-ring (bicyclic) bond motifs is 1.